The summed E-state index contributed by atoms with van der Waals surface area (Å²) in [6.45, 7) is 6.05. The van der Waals surface area contributed by atoms with Crippen molar-refractivity contribution in [3.8, 4) is 0 Å². The van der Waals surface area contributed by atoms with Crippen LogP contribution in [0.3, 0.4) is 0 Å². The number of rotatable bonds is 5. The molecule has 0 unspecified atom stereocenters. The summed E-state index contributed by atoms with van der Waals surface area (Å²) in [5.74, 6) is 3.34. The van der Waals surface area contributed by atoms with Gasteiger partial charge in [0, 0.05) is 46.2 Å². The van der Waals surface area contributed by atoms with Gasteiger partial charge in [-0.3, -0.25) is 4.68 Å². The van der Waals surface area contributed by atoms with E-state index in [1.54, 1.807) is 0 Å². The van der Waals surface area contributed by atoms with Crippen LogP contribution in [0.5, 0.6) is 0 Å². The predicted octanol–water partition coefficient (Wildman–Crippen LogP) is 1.96. The predicted molar refractivity (Wildman–Crippen MR) is 95.1 cm³/mol. The Morgan fingerprint density at radius 3 is 2.75 bits per heavy atom. The van der Waals surface area contributed by atoms with Crippen molar-refractivity contribution >= 4 is 5.82 Å². The van der Waals surface area contributed by atoms with Crippen LogP contribution in [0.1, 0.15) is 55.1 Å². The van der Waals surface area contributed by atoms with Crippen LogP contribution in [0.15, 0.2) is 0 Å². The number of nitrogens with one attached hydrogen (secondary N) is 1. The summed E-state index contributed by atoms with van der Waals surface area (Å²) in [6.07, 6.45) is 4.77. The van der Waals surface area contributed by atoms with Gasteiger partial charge in [-0.1, -0.05) is 6.42 Å². The molecule has 0 aromatic carbocycles. The molecule has 0 spiro atoms. The second-order valence-corrected chi connectivity index (χ2v) is 6.94. The Morgan fingerprint density at radius 1 is 1.21 bits per heavy atom. The van der Waals surface area contributed by atoms with Gasteiger partial charge in [0.2, 0.25) is 0 Å². The number of anilines is 1. The molecule has 24 heavy (non-hydrogen) atoms. The van der Waals surface area contributed by atoms with Crippen molar-refractivity contribution in [2.75, 3.05) is 19.0 Å². The highest BCUT2D eigenvalue weighted by atomic mass is 15.4. The van der Waals surface area contributed by atoms with Gasteiger partial charge >= 0.3 is 0 Å². The third-order valence-electron chi connectivity index (χ3n) is 4.85. The van der Waals surface area contributed by atoms with Crippen molar-refractivity contribution in [3.63, 3.8) is 0 Å². The SMILES string of the molecule is Cc1nn(C)c(N(C)C)c1CN[C@@H](C)c1nnc2n1CCCCC2. The van der Waals surface area contributed by atoms with Crippen molar-refractivity contribution < 1.29 is 0 Å². The van der Waals surface area contributed by atoms with E-state index in [-0.39, 0.29) is 6.04 Å². The molecule has 2 aromatic heterocycles. The topological polar surface area (TPSA) is 63.8 Å². The van der Waals surface area contributed by atoms with Crippen molar-refractivity contribution in [1.29, 1.82) is 0 Å². The minimum atomic E-state index is 0.166. The van der Waals surface area contributed by atoms with Crippen LogP contribution >= 0.6 is 0 Å². The summed E-state index contributed by atoms with van der Waals surface area (Å²) in [6, 6.07) is 0.166. The molecule has 132 valence electrons. The first kappa shape index (κ1) is 17.0. The standard InChI is InChI=1S/C17H29N7/c1-12-14(17(22(3)4)23(5)21-12)11-18-13(2)16-20-19-15-9-7-6-8-10-24(15)16/h13,18H,6-11H2,1-5H3/t13-/m0/s1. The van der Waals surface area contributed by atoms with Crippen LogP contribution in [-0.2, 0) is 26.6 Å². The number of hydrogen-bond donors (Lipinski definition) is 1. The average Bonchev–Trinajstić information content (AvgIpc) is 2.96. The third-order valence-corrected chi connectivity index (χ3v) is 4.85. The first-order valence-electron chi connectivity index (χ1n) is 8.84. The van der Waals surface area contributed by atoms with Gasteiger partial charge in [0.1, 0.15) is 17.5 Å². The Balaban J connectivity index is 1.75. The normalized spacial score (nSPS) is 15.9. The second-order valence-electron chi connectivity index (χ2n) is 6.94. The van der Waals surface area contributed by atoms with E-state index in [1.807, 2.05) is 11.7 Å². The van der Waals surface area contributed by atoms with Gasteiger partial charge < -0.3 is 14.8 Å². The highest BCUT2D eigenvalue weighted by Crippen LogP contribution is 2.23. The maximum Gasteiger partial charge on any atom is 0.149 e. The Morgan fingerprint density at radius 2 is 2.00 bits per heavy atom. The van der Waals surface area contributed by atoms with E-state index in [0.29, 0.717) is 0 Å². The number of aromatic nitrogens is 5. The van der Waals surface area contributed by atoms with E-state index in [0.717, 1.165) is 42.7 Å². The first-order valence-corrected chi connectivity index (χ1v) is 8.84. The van der Waals surface area contributed by atoms with Gasteiger partial charge in [-0.15, -0.1) is 10.2 Å². The van der Waals surface area contributed by atoms with E-state index in [2.05, 4.69) is 58.0 Å². The summed E-state index contributed by atoms with van der Waals surface area (Å²) in [5.41, 5.74) is 2.31. The Bertz CT molecular complexity index is 698. The van der Waals surface area contributed by atoms with Gasteiger partial charge in [-0.2, -0.15) is 5.10 Å². The molecule has 7 heteroatoms. The minimum absolute atomic E-state index is 0.166. The van der Waals surface area contributed by atoms with Crippen LogP contribution in [-0.4, -0.2) is 38.6 Å². The van der Waals surface area contributed by atoms with E-state index >= 15 is 0 Å². The van der Waals surface area contributed by atoms with Crippen LogP contribution in [0.25, 0.3) is 0 Å². The van der Waals surface area contributed by atoms with Crippen molar-refractivity contribution in [2.24, 2.45) is 7.05 Å². The lowest BCUT2D eigenvalue weighted by Gasteiger charge is -2.18. The molecule has 3 heterocycles. The molecule has 0 bridgehead atoms. The Hall–Kier alpha value is -1.89. The number of aryl methyl sites for hydroxylation is 3. The van der Waals surface area contributed by atoms with Gasteiger partial charge in [-0.25, -0.2) is 0 Å². The zero-order valence-electron chi connectivity index (χ0n) is 15.5. The molecule has 0 aliphatic carbocycles. The molecular weight excluding hydrogens is 302 g/mol. The summed E-state index contributed by atoms with van der Waals surface area (Å²) in [5, 5.41) is 17.0. The maximum absolute atomic E-state index is 4.56. The quantitative estimate of drug-likeness (QED) is 0.907. The molecule has 0 saturated carbocycles. The third kappa shape index (κ3) is 3.17. The lowest BCUT2D eigenvalue weighted by atomic mass is 10.2. The molecule has 2 aromatic rings. The smallest absolute Gasteiger partial charge is 0.149 e. The average molecular weight is 331 g/mol. The molecule has 7 nitrogen and oxygen atoms in total. The van der Waals surface area contributed by atoms with E-state index in [1.165, 1.54) is 24.8 Å². The zero-order valence-corrected chi connectivity index (χ0v) is 15.5. The first-order chi connectivity index (χ1) is 11.5. The minimum Gasteiger partial charge on any atom is -0.363 e. The Labute approximate surface area is 144 Å². The van der Waals surface area contributed by atoms with Crippen molar-refractivity contribution in [1.82, 2.24) is 29.9 Å². The zero-order chi connectivity index (χ0) is 17.3. The van der Waals surface area contributed by atoms with Crippen molar-refractivity contribution in [2.45, 2.75) is 58.7 Å². The molecule has 1 aliphatic rings. The van der Waals surface area contributed by atoms with Gasteiger partial charge in [0.15, 0.2) is 0 Å². The fraction of sp³-hybridized carbons (Fsp3) is 0.706. The van der Waals surface area contributed by atoms with E-state index < -0.39 is 0 Å². The maximum atomic E-state index is 4.56. The Kier molecular flexibility index (Phi) is 4.89. The number of fused-ring (bicyclic) bond motifs is 1. The number of hydrogen-bond acceptors (Lipinski definition) is 5. The molecule has 0 amide bonds. The monoisotopic (exact) mass is 331 g/mol. The molecule has 0 radical (unpaired) electrons. The molecule has 0 fully saturated rings. The summed E-state index contributed by atoms with van der Waals surface area (Å²) >= 11 is 0. The fourth-order valence-corrected chi connectivity index (χ4v) is 3.63. The second kappa shape index (κ2) is 6.93. The number of nitrogens with zero attached hydrogens (tertiary/aromatic N) is 6. The molecule has 1 aliphatic heterocycles. The summed E-state index contributed by atoms with van der Waals surface area (Å²) < 4.78 is 4.26. The van der Waals surface area contributed by atoms with Gasteiger partial charge in [0.25, 0.3) is 0 Å². The lowest BCUT2D eigenvalue weighted by Crippen LogP contribution is -2.24. The molecule has 1 N–H and O–H groups in total. The van der Waals surface area contributed by atoms with Crippen LogP contribution in [0.2, 0.25) is 0 Å². The van der Waals surface area contributed by atoms with Crippen LogP contribution in [0.4, 0.5) is 5.82 Å². The van der Waals surface area contributed by atoms with Crippen molar-refractivity contribution in [3.05, 3.63) is 22.9 Å². The molecule has 3 rings (SSSR count). The summed E-state index contributed by atoms with van der Waals surface area (Å²) in [7, 11) is 6.11. The highest BCUT2D eigenvalue weighted by molar-refractivity contribution is 5.48. The summed E-state index contributed by atoms with van der Waals surface area (Å²) in [4.78, 5) is 2.12. The van der Waals surface area contributed by atoms with Gasteiger partial charge in [-0.05, 0) is 26.7 Å². The fourth-order valence-electron chi connectivity index (χ4n) is 3.63. The van der Waals surface area contributed by atoms with E-state index in [4.69, 9.17) is 0 Å². The lowest BCUT2D eigenvalue weighted by molar-refractivity contribution is 0.501. The van der Waals surface area contributed by atoms with Gasteiger partial charge in [0.05, 0.1) is 11.7 Å². The van der Waals surface area contributed by atoms with Crippen LogP contribution in [0, 0.1) is 6.92 Å². The largest absolute Gasteiger partial charge is 0.363 e. The molecule has 1 atom stereocenters. The van der Waals surface area contributed by atoms with E-state index in [9.17, 15) is 0 Å². The highest BCUT2D eigenvalue weighted by Gasteiger charge is 2.21. The van der Waals surface area contributed by atoms with Crippen LogP contribution < -0.4 is 10.2 Å². The molecule has 0 saturated heterocycles. The molecular formula is C17H29N7.